The molecule has 0 unspecified atom stereocenters. The van der Waals surface area contributed by atoms with Crippen molar-refractivity contribution in [1.82, 2.24) is 5.43 Å². The van der Waals surface area contributed by atoms with Crippen LogP contribution >= 0.6 is 0 Å². The Hall–Kier alpha value is -3.02. The maximum atomic E-state index is 11.9. The van der Waals surface area contributed by atoms with Crippen LogP contribution in [-0.2, 0) is 0 Å². The molecule has 1 N–H and O–H groups in total. The van der Waals surface area contributed by atoms with Crippen molar-refractivity contribution in [1.29, 1.82) is 0 Å². The van der Waals surface area contributed by atoms with E-state index in [4.69, 9.17) is 0 Å². The summed E-state index contributed by atoms with van der Waals surface area (Å²) in [4.78, 5) is 22.1. The zero-order valence-corrected chi connectivity index (χ0v) is 11.3. The Morgan fingerprint density at radius 1 is 1.24 bits per heavy atom. The van der Waals surface area contributed by atoms with Crippen LogP contribution in [0.4, 0.5) is 5.69 Å². The fraction of sp³-hybridized carbons (Fsp3) is 0.0667. The van der Waals surface area contributed by atoms with Gasteiger partial charge in [-0.3, -0.25) is 14.9 Å². The zero-order valence-electron chi connectivity index (χ0n) is 11.3. The summed E-state index contributed by atoms with van der Waals surface area (Å²) in [6, 6.07) is 13.1. The molecule has 0 aliphatic carbocycles. The summed E-state index contributed by atoms with van der Waals surface area (Å²) in [7, 11) is 0. The number of carbonyl (C=O) groups is 1. The molecule has 6 nitrogen and oxygen atoms in total. The van der Waals surface area contributed by atoms with E-state index in [0.29, 0.717) is 11.1 Å². The second-order valence-electron chi connectivity index (χ2n) is 4.37. The van der Waals surface area contributed by atoms with Crippen LogP contribution in [-0.4, -0.2) is 17.0 Å². The first-order chi connectivity index (χ1) is 10.1. The Kier molecular flexibility index (Phi) is 4.40. The molecule has 1 amide bonds. The molecular weight excluding hydrogens is 270 g/mol. The van der Waals surface area contributed by atoms with Crippen molar-refractivity contribution >= 4 is 17.8 Å². The summed E-state index contributed by atoms with van der Waals surface area (Å²) in [5, 5.41) is 14.5. The lowest BCUT2D eigenvalue weighted by Crippen LogP contribution is -2.18. The molecule has 0 atom stereocenters. The van der Waals surface area contributed by atoms with E-state index in [1.54, 1.807) is 24.3 Å². The number of amides is 1. The highest BCUT2D eigenvalue weighted by Crippen LogP contribution is 2.11. The number of hydrogen-bond acceptors (Lipinski definition) is 4. The number of nitro groups is 1. The largest absolute Gasteiger partial charge is 0.271 e. The molecule has 0 radical (unpaired) electrons. The lowest BCUT2D eigenvalue weighted by molar-refractivity contribution is -0.384. The lowest BCUT2D eigenvalue weighted by atomic mass is 10.1. The van der Waals surface area contributed by atoms with Crippen molar-refractivity contribution in [2.75, 3.05) is 0 Å². The Balaban J connectivity index is 2.06. The Morgan fingerprint density at radius 3 is 2.71 bits per heavy atom. The number of nitrogens with one attached hydrogen (secondary N) is 1. The third-order valence-electron chi connectivity index (χ3n) is 2.85. The summed E-state index contributed by atoms with van der Waals surface area (Å²) >= 11 is 0. The molecule has 0 aromatic heterocycles. The van der Waals surface area contributed by atoms with E-state index in [0.717, 1.165) is 5.56 Å². The van der Waals surface area contributed by atoms with Gasteiger partial charge in [-0.15, -0.1) is 0 Å². The number of nitro benzene ring substituents is 1. The molecule has 2 aromatic rings. The number of hydrazone groups is 1. The van der Waals surface area contributed by atoms with E-state index in [9.17, 15) is 14.9 Å². The molecule has 106 valence electrons. The van der Waals surface area contributed by atoms with Crippen LogP contribution in [0.2, 0.25) is 0 Å². The average molecular weight is 283 g/mol. The van der Waals surface area contributed by atoms with E-state index >= 15 is 0 Å². The molecule has 21 heavy (non-hydrogen) atoms. The smallest absolute Gasteiger partial charge is 0.267 e. The van der Waals surface area contributed by atoms with Crippen LogP contribution in [0.3, 0.4) is 0 Å². The molecule has 0 aliphatic rings. The molecule has 0 saturated carbocycles. The van der Waals surface area contributed by atoms with Crippen molar-refractivity contribution < 1.29 is 9.72 Å². The number of hydrogen-bond donors (Lipinski definition) is 1. The number of aryl methyl sites for hydroxylation is 1. The summed E-state index contributed by atoms with van der Waals surface area (Å²) in [6.45, 7) is 1.83. The molecular formula is C15H13N3O3. The van der Waals surface area contributed by atoms with Gasteiger partial charge in [0, 0.05) is 23.3 Å². The number of rotatable bonds is 4. The monoisotopic (exact) mass is 283 g/mol. The Labute approximate surface area is 121 Å². The van der Waals surface area contributed by atoms with Crippen LogP contribution < -0.4 is 5.43 Å². The van der Waals surface area contributed by atoms with E-state index in [1.807, 2.05) is 19.1 Å². The number of benzene rings is 2. The maximum absolute atomic E-state index is 11.9. The van der Waals surface area contributed by atoms with Gasteiger partial charge in [-0.1, -0.05) is 30.3 Å². The molecule has 0 heterocycles. The molecule has 0 saturated heterocycles. The predicted molar refractivity (Wildman–Crippen MR) is 79.3 cm³/mol. The van der Waals surface area contributed by atoms with Gasteiger partial charge in [-0.2, -0.15) is 5.10 Å². The third kappa shape index (κ3) is 3.73. The summed E-state index contributed by atoms with van der Waals surface area (Å²) in [6.07, 6.45) is 1.36. The van der Waals surface area contributed by atoms with Crippen molar-refractivity contribution in [2.45, 2.75) is 6.92 Å². The van der Waals surface area contributed by atoms with Crippen molar-refractivity contribution in [3.05, 3.63) is 75.3 Å². The zero-order chi connectivity index (χ0) is 15.2. The minimum Gasteiger partial charge on any atom is -0.267 e. The second kappa shape index (κ2) is 6.42. The first kappa shape index (κ1) is 14.4. The summed E-state index contributed by atoms with van der Waals surface area (Å²) < 4.78 is 0. The van der Waals surface area contributed by atoms with E-state index in [1.165, 1.54) is 18.3 Å². The molecule has 2 rings (SSSR count). The lowest BCUT2D eigenvalue weighted by Gasteiger charge is -2.02. The predicted octanol–water partition coefficient (Wildman–Crippen LogP) is 2.67. The SMILES string of the molecule is Cc1ccccc1C(=O)N/N=C/c1cccc([N+](=O)[O-])c1. The second-order valence-corrected chi connectivity index (χ2v) is 4.37. The highest BCUT2D eigenvalue weighted by molar-refractivity contribution is 5.96. The normalized spacial score (nSPS) is 10.5. The van der Waals surface area contributed by atoms with Crippen LogP contribution in [0, 0.1) is 17.0 Å². The van der Waals surface area contributed by atoms with E-state index in [-0.39, 0.29) is 11.6 Å². The standard InChI is InChI=1S/C15H13N3O3/c1-11-5-2-3-8-14(11)15(19)17-16-10-12-6-4-7-13(9-12)18(20)21/h2-10H,1H3,(H,17,19)/b16-10+. The number of carbonyl (C=O) groups excluding carboxylic acids is 1. The summed E-state index contributed by atoms with van der Waals surface area (Å²) in [5.74, 6) is -0.324. The number of non-ortho nitro benzene ring substituents is 1. The van der Waals surface area contributed by atoms with Crippen LogP contribution in [0.15, 0.2) is 53.6 Å². The van der Waals surface area contributed by atoms with Crippen LogP contribution in [0.5, 0.6) is 0 Å². The van der Waals surface area contributed by atoms with Crippen molar-refractivity contribution in [3.63, 3.8) is 0 Å². The van der Waals surface area contributed by atoms with Gasteiger partial charge in [-0.25, -0.2) is 5.43 Å². The van der Waals surface area contributed by atoms with Gasteiger partial charge in [0.1, 0.15) is 0 Å². The first-order valence-electron chi connectivity index (χ1n) is 6.21. The van der Waals surface area contributed by atoms with Crippen LogP contribution in [0.25, 0.3) is 0 Å². The Bertz CT molecular complexity index is 711. The van der Waals surface area contributed by atoms with Gasteiger partial charge < -0.3 is 0 Å². The highest BCUT2D eigenvalue weighted by atomic mass is 16.6. The minimum atomic E-state index is -0.483. The topological polar surface area (TPSA) is 84.6 Å². The van der Waals surface area contributed by atoms with E-state index in [2.05, 4.69) is 10.5 Å². The number of nitrogens with zero attached hydrogens (tertiary/aromatic N) is 2. The van der Waals surface area contributed by atoms with Crippen LogP contribution in [0.1, 0.15) is 21.5 Å². The van der Waals surface area contributed by atoms with Crippen molar-refractivity contribution in [3.8, 4) is 0 Å². The van der Waals surface area contributed by atoms with Gasteiger partial charge in [-0.05, 0) is 18.6 Å². The first-order valence-corrected chi connectivity index (χ1v) is 6.21. The maximum Gasteiger partial charge on any atom is 0.271 e. The molecule has 0 fully saturated rings. The van der Waals surface area contributed by atoms with Crippen molar-refractivity contribution in [2.24, 2.45) is 5.10 Å². The molecule has 0 spiro atoms. The highest BCUT2D eigenvalue weighted by Gasteiger charge is 2.07. The molecule has 0 bridgehead atoms. The summed E-state index contributed by atoms with van der Waals surface area (Å²) in [5.41, 5.74) is 4.29. The fourth-order valence-electron chi connectivity index (χ4n) is 1.77. The molecule has 2 aromatic carbocycles. The molecule has 0 aliphatic heterocycles. The fourth-order valence-corrected chi connectivity index (χ4v) is 1.77. The average Bonchev–Trinajstić information content (AvgIpc) is 2.48. The van der Waals surface area contributed by atoms with Gasteiger partial charge in [0.2, 0.25) is 0 Å². The quantitative estimate of drug-likeness (QED) is 0.532. The van der Waals surface area contributed by atoms with Gasteiger partial charge in [0.25, 0.3) is 11.6 Å². The van der Waals surface area contributed by atoms with Gasteiger partial charge >= 0.3 is 0 Å². The van der Waals surface area contributed by atoms with E-state index < -0.39 is 4.92 Å². The van der Waals surface area contributed by atoms with Gasteiger partial charge in [0.05, 0.1) is 11.1 Å². The third-order valence-corrected chi connectivity index (χ3v) is 2.85. The minimum absolute atomic E-state index is 0.0239. The molecule has 6 heteroatoms. The van der Waals surface area contributed by atoms with Gasteiger partial charge in [0.15, 0.2) is 0 Å². The Morgan fingerprint density at radius 2 is 2.00 bits per heavy atom.